The second-order valence-corrected chi connectivity index (χ2v) is 6.87. The molecule has 1 amide bonds. The van der Waals surface area contributed by atoms with E-state index in [1.165, 1.54) is 36.7 Å². The molecule has 0 aliphatic carbocycles. The van der Waals surface area contributed by atoms with Gasteiger partial charge in [0.2, 0.25) is 5.91 Å². The molecule has 0 saturated carbocycles. The zero-order valence-electron chi connectivity index (χ0n) is 13.4. The van der Waals surface area contributed by atoms with Crippen molar-refractivity contribution in [2.75, 3.05) is 25.4 Å². The molecule has 1 aromatic carbocycles. The molecule has 1 N–H and O–H groups in total. The molecule has 1 aromatic heterocycles. The van der Waals surface area contributed by atoms with Gasteiger partial charge in [0.25, 0.3) is 0 Å². The van der Waals surface area contributed by atoms with Crippen LogP contribution in [-0.4, -0.2) is 36.2 Å². The summed E-state index contributed by atoms with van der Waals surface area (Å²) in [5.74, 6) is 0.912. The first-order valence-electron chi connectivity index (χ1n) is 8.15. The van der Waals surface area contributed by atoms with Gasteiger partial charge in [0.1, 0.15) is 11.6 Å². The van der Waals surface area contributed by atoms with Crippen LogP contribution in [0.15, 0.2) is 52.0 Å². The zero-order valence-corrected chi connectivity index (χ0v) is 14.2. The van der Waals surface area contributed by atoms with Gasteiger partial charge in [0.15, 0.2) is 0 Å². The molecular formula is C18H21FN2O2S. The number of halogens is 1. The third kappa shape index (κ3) is 4.61. The fourth-order valence-corrected chi connectivity index (χ4v) is 3.61. The van der Waals surface area contributed by atoms with Crippen molar-refractivity contribution in [1.29, 1.82) is 0 Å². The standard InChI is InChI=1S/C18H21FN2O2S/c19-14-5-7-15(8-6-14)24-13-18(22)20-12-16(17-4-3-11-23-17)21-9-1-2-10-21/h3-8,11,16H,1-2,9-10,12-13H2,(H,20,22)/t16-/m1/s1. The smallest absolute Gasteiger partial charge is 0.230 e. The Kier molecular flexibility index (Phi) is 5.93. The summed E-state index contributed by atoms with van der Waals surface area (Å²) in [6, 6.07) is 10.1. The highest BCUT2D eigenvalue weighted by Crippen LogP contribution is 2.25. The van der Waals surface area contributed by atoms with Crippen molar-refractivity contribution >= 4 is 17.7 Å². The highest BCUT2D eigenvalue weighted by molar-refractivity contribution is 8.00. The molecule has 1 aliphatic rings. The number of benzene rings is 1. The lowest BCUT2D eigenvalue weighted by molar-refractivity contribution is -0.118. The minimum Gasteiger partial charge on any atom is -0.468 e. The summed E-state index contributed by atoms with van der Waals surface area (Å²) < 4.78 is 18.4. The van der Waals surface area contributed by atoms with E-state index in [2.05, 4.69) is 10.2 Å². The van der Waals surface area contributed by atoms with E-state index in [1.54, 1.807) is 18.4 Å². The van der Waals surface area contributed by atoms with Crippen LogP contribution in [0.4, 0.5) is 4.39 Å². The maximum atomic E-state index is 12.9. The first-order valence-corrected chi connectivity index (χ1v) is 9.13. The van der Waals surface area contributed by atoms with E-state index in [0.717, 1.165) is 23.7 Å². The molecule has 1 aliphatic heterocycles. The molecule has 1 saturated heterocycles. The summed E-state index contributed by atoms with van der Waals surface area (Å²) in [6.07, 6.45) is 4.04. The number of amides is 1. The number of carbonyl (C=O) groups is 1. The Morgan fingerprint density at radius 1 is 1.25 bits per heavy atom. The highest BCUT2D eigenvalue weighted by Gasteiger charge is 2.25. The molecule has 4 nitrogen and oxygen atoms in total. The Bertz CT molecular complexity index is 640. The number of likely N-dealkylation sites (tertiary alicyclic amines) is 1. The van der Waals surface area contributed by atoms with Crippen molar-refractivity contribution < 1.29 is 13.6 Å². The van der Waals surface area contributed by atoms with Crippen LogP contribution in [0.5, 0.6) is 0 Å². The summed E-state index contributed by atoms with van der Waals surface area (Å²) >= 11 is 1.40. The van der Waals surface area contributed by atoms with Gasteiger partial charge in [-0.05, 0) is 62.3 Å². The lowest BCUT2D eigenvalue weighted by Gasteiger charge is -2.25. The average Bonchev–Trinajstić information content (AvgIpc) is 3.29. The van der Waals surface area contributed by atoms with Gasteiger partial charge in [-0.3, -0.25) is 9.69 Å². The van der Waals surface area contributed by atoms with Crippen LogP contribution in [0.1, 0.15) is 24.6 Å². The topological polar surface area (TPSA) is 45.5 Å². The number of furan rings is 1. The van der Waals surface area contributed by atoms with Gasteiger partial charge < -0.3 is 9.73 Å². The minimum absolute atomic E-state index is 0.0277. The van der Waals surface area contributed by atoms with Crippen molar-refractivity contribution in [2.24, 2.45) is 0 Å². The molecule has 1 fully saturated rings. The average molecular weight is 348 g/mol. The van der Waals surface area contributed by atoms with E-state index in [1.807, 2.05) is 12.1 Å². The molecule has 2 heterocycles. The van der Waals surface area contributed by atoms with Gasteiger partial charge >= 0.3 is 0 Å². The van der Waals surface area contributed by atoms with Gasteiger partial charge in [0, 0.05) is 11.4 Å². The third-order valence-electron chi connectivity index (χ3n) is 4.13. The van der Waals surface area contributed by atoms with E-state index in [0.29, 0.717) is 12.3 Å². The summed E-state index contributed by atoms with van der Waals surface area (Å²) in [6.45, 7) is 2.60. The lowest BCUT2D eigenvalue weighted by atomic mass is 10.2. The van der Waals surface area contributed by atoms with Crippen molar-refractivity contribution in [3.8, 4) is 0 Å². The SMILES string of the molecule is O=C(CSc1ccc(F)cc1)NC[C@H](c1ccco1)N1CCCC1. The van der Waals surface area contributed by atoms with Crippen molar-refractivity contribution in [3.63, 3.8) is 0 Å². The molecule has 24 heavy (non-hydrogen) atoms. The molecule has 2 aromatic rings. The van der Waals surface area contributed by atoms with E-state index in [-0.39, 0.29) is 17.8 Å². The van der Waals surface area contributed by atoms with Gasteiger partial charge in [0.05, 0.1) is 18.1 Å². The van der Waals surface area contributed by atoms with Crippen molar-refractivity contribution in [2.45, 2.75) is 23.8 Å². The van der Waals surface area contributed by atoms with Crippen molar-refractivity contribution in [1.82, 2.24) is 10.2 Å². The van der Waals surface area contributed by atoms with Crippen LogP contribution in [0.25, 0.3) is 0 Å². The molecule has 6 heteroatoms. The number of hydrogen-bond acceptors (Lipinski definition) is 4. The Morgan fingerprint density at radius 2 is 2.00 bits per heavy atom. The van der Waals surface area contributed by atoms with Gasteiger partial charge in [-0.1, -0.05) is 0 Å². The van der Waals surface area contributed by atoms with E-state index in [4.69, 9.17) is 4.42 Å². The van der Waals surface area contributed by atoms with Gasteiger partial charge in [-0.15, -0.1) is 11.8 Å². The quantitative estimate of drug-likeness (QED) is 0.779. The molecular weight excluding hydrogens is 327 g/mol. The van der Waals surface area contributed by atoms with Crippen molar-refractivity contribution in [3.05, 3.63) is 54.2 Å². The molecule has 3 rings (SSSR count). The van der Waals surface area contributed by atoms with Crippen LogP contribution in [0.3, 0.4) is 0 Å². The Morgan fingerprint density at radius 3 is 2.67 bits per heavy atom. The third-order valence-corrected chi connectivity index (χ3v) is 5.14. The fraction of sp³-hybridized carbons (Fsp3) is 0.389. The van der Waals surface area contributed by atoms with E-state index >= 15 is 0 Å². The number of carbonyl (C=O) groups excluding carboxylic acids is 1. The van der Waals surface area contributed by atoms with E-state index in [9.17, 15) is 9.18 Å². The zero-order chi connectivity index (χ0) is 16.8. The second kappa shape index (κ2) is 8.35. The molecule has 128 valence electrons. The van der Waals surface area contributed by atoms with Gasteiger partial charge in [-0.2, -0.15) is 0 Å². The summed E-state index contributed by atoms with van der Waals surface area (Å²) in [5, 5.41) is 2.99. The second-order valence-electron chi connectivity index (χ2n) is 5.82. The maximum absolute atomic E-state index is 12.9. The normalized spacial score (nSPS) is 16.2. The summed E-state index contributed by atoms with van der Waals surface area (Å²) in [7, 11) is 0. The number of thioether (sulfide) groups is 1. The van der Waals surface area contributed by atoms with E-state index < -0.39 is 0 Å². The fourth-order valence-electron chi connectivity index (χ4n) is 2.89. The first-order chi connectivity index (χ1) is 11.7. The Balaban J connectivity index is 1.50. The molecule has 0 radical (unpaired) electrons. The number of hydrogen-bond donors (Lipinski definition) is 1. The maximum Gasteiger partial charge on any atom is 0.230 e. The van der Waals surface area contributed by atoms with Crippen LogP contribution in [0, 0.1) is 5.82 Å². The molecule has 0 bridgehead atoms. The van der Waals surface area contributed by atoms with Crippen LogP contribution < -0.4 is 5.32 Å². The monoisotopic (exact) mass is 348 g/mol. The molecule has 0 spiro atoms. The summed E-state index contributed by atoms with van der Waals surface area (Å²) in [5.41, 5.74) is 0. The predicted octanol–water partition coefficient (Wildman–Crippen LogP) is 3.46. The Labute approximate surface area is 145 Å². The number of nitrogens with zero attached hydrogens (tertiary/aromatic N) is 1. The van der Waals surface area contributed by atoms with Crippen LogP contribution in [-0.2, 0) is 4.79 Å². The predicted molar refractivity (Wildman–Crippen MR) is 92.4 cm³/mol. The number of rotatable bonds is 7. The number of nitrogens with one attached hydrogen (secondary N) is 1. The molecule has 0 unspecified atom stereocenters. The minimum atomic E-state index is -0.268. The molecule has 1 atom stereocenters. The van der Waals surface area contributed by atoms with Crippen LogP contribution >= 0.6 is 11.8 Å². The summed E-state index contributed by atoms with van der Waals surface area (Å²) in [4.78, 5) is 15.4. The van der Waals surface area contributed by atoms with Gasteiger partial charge in [-0.25, -0.2) is 4.39 Å². The Hall–Kier alpha value is -1.79. The van der Waals surface area contributed by atoms with Crippen LogP contribution in [0.2, 0.25) is 0 Å². The first kappa shape index (κ1) is 17.0. The largest absolute Gasteiger partial charge is 0.468 e. The lowest BCUT2D eigenvalue weighted by Crippen LogP contribution is -2.37. The highest BCUT2D eigenvalue weighted by atomic mass is 32.2.